The topological polar surface area (TPSA) is 69.7 Å². The van der Waals surface area contributed by atoms with Crippen molar-refractivity contribution in [3.63, 3.8) is 0 Å². The first kappa shape index (κ1) is 16.8. The fourth-order valence-electron chi connectivity index (χ4n) is 2.83. The van der Waals surface area contributed by atoms with Crippen LogP contribution < -0.4 is 10.2 Å². The maximum absolute atomic E-state index is 13.1. The van der Waals surface area contributed by atoms with E-state index in [2.05, 4.69) is 0 Å². The van der Waals surface area contributed by atoms with Crippen LogP contribution in [0.15, 0.2) is 80.6 Å². The number of fused-ring (bicyclic) bond motifs is 1. The van der Waals surface area contributed by atoms with E-state index in [9.17, 15) is 9.59 Å². The number of carbonyl (C=O) groups excluding carboxylic acids is 1. The number of rotatable bonds is 4. The van der Waals surface area contributed by atoms with Crippen molar-refractivity contribution in [2.24, 2.45) is 0 Å². The van der Waals surface area contributed by atoms with Crippen LogP contribution in [0, 0.1) is 0 Å². The van der Waals surface area contributed by atoms with Crippen molar-refractivity contribution in [2.75, 3.05) is 0 Å². The van der Waals surface area contributed by atoms with E-state index >= 15 is 0 Å². The third-order valence-electron chi connectivity index (χ3n) is 4.27. The van der Waals surface area contributed by atoms with E-state index in [1.165, 1.54) is 6.26 Å². The Bertz CT molecular complexity index is 1150. The smallest absolute Gasteiger partial charge is 0.343 e. The maximum Gasteiger partial charge on any atom is 0.343 e. The van der Waals surface area contributed by atoms with Crippen LogP contribution in [0.25, 0.3) is 22.5 Å². The van der Waals surface area contributed by atoms with E-state index in [-0.39, 0.29) is 11.5 Å². The van der Waals surface area contributed by atoms with Gasteiger partial charge in [-0.05, 0) is 48.4 Å². The molecule has 27 heavy (non-hydrogen) atoms. The molecule has 0 atom stereocenters. The summed E-state index contributed by atoms with van der Waals surface area (Å²) in [5.74, 6) is -0.420. The first-order valence-corrected chi connectivity index (χ1v) is 8.58. The van der Waals surface area contributed by atoms with Gasteiger partial charge in [-0.15, -0.1) is 0 Å². The fraction of sp³-hybridized carbons (Fsp3) is 0.0909. The van der Waals surface area contributed by atoms with Crippen molar-refractivity contribution in [3.8, 4) is 17.3 Å². The molecule has 0 aliphatic heterocycles. The molecule has 2 heterocycles. The van der Waals surface area contributed by atoms with Crippen molar-refractivity contribution < 1.29 is 18.4 Å². The van der Waals surface area contributed by atoms with Gasteiger partial charge in [0.15, 0.2) is 5.76 Å². The molecule has 2 aromatic heterocycles. The van der Waals surface area contributed by atoms with E-state index in [1.807, 2.05) is 13.0 Å². The molecule has 2 aromatic carbocycles. The lowest BCUT2D eigenvalue weighted by molar-refractivity contribution is 0.0731. The van der Waals surface area contributed by atoms with Gasteiger partial charge in [0.05, 0.1) is 17.2 Å². The van der Waals surface area contributed by atoms with Crippen LogP contribution in [0.3, 0.4) is 0 Å². The Labute approximate surface area is 154 Å². The zero-order chi connectivity index (χ0) is 18.8. The first-order chi connectivity index (χ1) is 13.2. The molecule has 0 fully saturated rings. The molecule has 0 unspecified atom stereocenters. The van der Waals surface area contributed by atoms with Gasteiger partial charge < -0.3 is 13.6 Å². The number of aryl methyl sites for hydroxylation is 1. The number of ether oxygens (including phenoxy) is 1. The Morgan fingerprint density at radius 2 is 1.85 bits per heavy atom. The minimum Gasteiger partial charge on any atom is -0.461 e. The van der Waals surface area contributed by atoms with Crippen LogP contribution in [-0.2, 0) is 6.42 Å². The van der Waals surface area contributed by atoms with E-state index in [0.29, 0.717) is 22.3 Å². The molecule has 0 aliphatic carbocycles. The predicted octanol–water partition coefficient (Wildman–Crippen LogP) is 4.83. The van der Waals surface area contributed by atoms with Crippen molar-refractivity contribution in [3.05, 3.63) is 88.3 Å². The summed E-state index contributed by atoms with van der Waals surface area (Å²) in [6, 6.07) is 17.2. The first-order valence-electron chi connectivity index (χ1n) is 8.58. The summed E-state index contributed by atoms with van der Waals surface area (Å²) < 4.78 is 16.7. The zero-order valence-electron chi connectivity index (χ0n) is 14.6. The van der Waals surface area contributed by atoms with Crippen molar-refractivity contribution in [1.82, 2.24) is 0 Å². The minimum absolute atomic E-state index is 0.0889. The highest BCUT2D eigenvalue weighted by atomic mass is 16.5. The molecule has 4 aromatic rings. The van der Waals surface area contributed by atoms with Crippen molar-refractivity contribution in [2.45, 2.75) is 13.3 Å². The van der Waals surface area contributed by atoms with E-state index in [0.717, 1.165) is 12.0 Å². The van der Waals surface area contributed by atoms with E-state index in [4.69, 9.17) is 13.6 Å². The number of hydrogen-bond donors (Lipinski definition) is 0. The van der Waals surface area contributed by atoms with Crippen LogP contribution in [-0.4, -0.2) is 5.97 Å². The largest absolute Gasteiger partial charge is 0.461 e. The van der Waals surface area contributed by atoms with Gasteiger partial charge >= 0.3 is 5.97 Å². The molecule has 0 saturated carbocycles. The Morgan fingerprint density at radius 1 is 1.04 bits per heavy atom. The van der Waals surface area contributed by atoms with Gasteiger partial charge in [-0.1, -0.05) is 31.2 Å². The number of furan rings is 1. The van der Waals surface area contributed by atoms with Gasteiger partial charge in [0.25, 0.3) is 0 Å². The Morgan fingerprint density at radius 3 is 2.56 bits per heavy atom. The molecule has 0 saturated heterocycles. The molecule has 134 valence electrons. The van der Waals surface area contributed by atoms with E-state index < -0.39 is 11.4 Å². The van der Waals surface area contributed by atoms with Crippen LogP contribution in [0.4, 0.5) is 0 Å². The van der Waals surface area contributed by atoms with Gasteiger partial charge in [-0.25, -0.2) is 4.79 Å². The highest BCUT2D eigenvalue weighted by molar-refractivity contribution is 5.92. The van der Waals surface area contributed by atoms with Crippen LogP contribution in [0.5, 0.6) is 5.75 Å². The number of esters is 1. The Hall–Kier alpha value is -3.60. The highest BCUT2D eigenvalue weighted by Crippen LogP contribution is 2.32. The van der Waals surface area contributed by atoms with Gasteiger partial charge in [-0.3, -0.25) is 4.79 Å². The monoisotopic (exact) mass is 360 g/mol. The molecule has 0 N–H and O–H groups in total. The normalized spacial score (nSPS) is 10.9. The lowest BCUT2D eigenvalue weighted by Gasteiger charge is -2.09. The third kappa shape index (κ3) is 3.15. The molecule has 0 amide bonds. The second kappa shape index (κ2) is 6.96. The zero-order valence-corrected chi connectivity index (χ0v) is 14.6. The number of hydrogen-bond acceptors (Lipinski definition) is 5. The standard InChI is InChI=1S/C22H16O5/c1-2-14-10-11-17-16(13-14)19(23)21(20(26-17)18-9-6-12-25-18)27-22(24)15-7-4-3-5-8-15/h3-13H,2H2,1H3. The number of benzene rings is 2. The molecule has 0 spiro atoms. The summed E-state index contributed by atoms with van der Waals surface area (Å²) in [5.41, 5.74) is 1.32. The predicted molar refractivity (Wildman–Crippen MR) is 101 cm³/mol. The second-order valence-electron chi connectivity index (χ2n) is 6.01. The lowest BCUT2D eigenvalue weighted by Crippen LogP contribution is -2.16. The summed E-state index contributed by atoms with van der Waals surface area (Å²) in [6.45, 7) is 2.00. The summed E-state index contributed by atoms with van der Waals surface area (Å²) in [6.07, 6.45) is 2.23. The van der Waals surface area contributed by atoms with Crippen LogP contribution >= 0.6 is 0 Å². The molecule has 4 rings (SSSR count). The average Bonchev–Trinajstić information content (AvgIpc) is 3.25. The quantitative estimate of drug-likeness (QED) is 0.487. The molecule has 5 heteroatoms. The summed E-state index contributed by atoms with van der Waals surface area (Å²) in [4.78, 5) is 25.6. The summed E-state index contributed by atoms with van der Waals surface area (Å²) >= 11 is 0. The Balaban J connectivity index is 1.90. The average molecular weight is 360 g/mol. The minimum atomic E-state index is -0.637. The SMILES string of the molecule is CCc1ccc2oc(-c3ccco3)c(OC(=O)c3ccccc3)c(=O)c2c1. The van der Waals surface area contributed by atoms with Crippen LogP contribution in [0.2, 0.25) is 0 Å². The molecule has 0 aliphatic rings. The van der Waals surface area contributed by atoms with Crippen molar-refractivity contribution >= 4 is 16.9 Å². The van der Waals surface area contributed by atoms with Gasteiger partial charge in [0, 0.05) is 0 Å². The van der Waals surface area contributed by atoms with Gasteiger partial charge in [0.1, 0.15) is 5.58 Å². The third-order valence-corrected chi connectivity index (χ3v) is 4.27. The summed E-state index contributed by atoms with van der Waals surface area (Å²) in [7, 11) is 0. The van der Waals surface area contributed by atoms with Crippen LogP contribution in [0.1, 0.15) is 22.8 Å². The molecular formula is C22H16O5. The molecular weight excluding hydrogens is 344 g/mol. The number of carbonyl (C=O) groups is 1. The Kier molecular flexibility index (Phi) is 4.34. The second-order valence-corrected chi connectivity index (χ2v) is 6.01. The highest BCUT2D eigenvalue weighted by Gasteiger charge is 2.23. The molecule has 0 bridgehead atoms. The fourth-order valence-corrected chi connectivity index (χ4v) is 2.83. The maximum atomic E-state index is 13.1. The van der Waals surface area contributed by atoms with Gasteiger partial charge in [0.2, 0.25) is 16.9 Å². The lowest BCUT2D eigenvalue weighted by atomic mass is 10.1. The van der Waals surface area contributed by atoms with E-state index in [1.54, 1.807) is 54.6 Å². The van der Waals surface area contributed by atoms with Gasteiger partial charge in [-0.2, -0.15) is 0 Å². The summed E-state index contributed by atoms with van der Waals surface area (Å²) in [5, 5.41) is 0.362. The molecule has 5 nitrogen and oxygen atoms in total. The van der Waals surface area contributed by atoms with Crippen molar-refractivity contribution in [1.29, 1.82) is 0 Å². The molecule has 0 radical (unpaired) electrons.